The summed E-state index contributed by atoms with van der Waals surface area (Å²) in [4.78, 5) is 0. The minimum Gasteiger partial charge on any atom is -0.828 e. The second-order valence-corrected chi connectivity index (χ2v) is 0.498. The first-order valence-corrected chi connectivity index (χ1v) is 1.25. The lowest BCUT2D eigenvalue weighted by molar-refractivity contribution is -0.355. The molecule has 0 unspecified atom stereocenters. The average Bonchev–Trinajstić information content (AvgIpc) is 1.41. The maximum absolute atomic E-state index is 9.32. The first-order valence-electron chi connectivity index (χ1n) is 1.25. The number of rotatable bonds is 1. The van der Waals surface area contributed by atoms with Crippen molar-refractivity contribution in [2.45, 2.75) is 0 Å². The molecule has 0 heterocycles. The molecule has 0 spiro atoms. The van der Waals surface area contributed by atoms with Crippen molar-refractivity contribution in [3.63, 3.8) is 0 Å². The maximum Gasteiger partial charge on any atom is 0.134 e. The van der Waals surface area contributed by atoms with Crippen LogP contribution in [-0.2, 0) is 0 Å². The molecular weight excluding hydrogens is 64.0 g/mol. The highest BCUT2D eigenvalue weighted by molar-refractivity contribution is 4.62. The SMILES string of the molecule is C=C=[C+]C[O-]. The van der Waals surface area contributed by atoms with E-state index in [0.29, 0.717) is 0 Å². The van der Waals surface area contributed by atoms with Gasteiger partial charge in [0, 0.05) is 6.61 Å². The fraction of sp³-hybridized carbons (Fsp3) is 0.250. The van der Waals surface area contributed by atoms with Crippen LogP contribution in [0.2, 0.25) is 0 Å². The van der Waals surface area contributed by atoms with E-state index in [0.717, 1.165) is 0 Å². The van der Waals surface area contributed by atoms with Gasteiger partial charge < -0.3 is 5.11 Å². The summed E-state index contributed by atoms with van der Waals surface area (Å²) in [5, 5.41) is 9.32. The fourth-order valence-electron chi connectivity index (χ4n) is 0.0510. The van der Waals surface area contributed by atoms with E-state index < -0.39 is 0 Å². The molecule has 0 N–H and O–H groups in total. The standard InChI is InChI=1S/C4H4O/c1-2-3-4-5/h1,4H2. The molecule has 0 aromatic rings. The lowest BCUT2D eigenvalue weighted by Gasteiger charge is -1.74. The number of hydrogen-bond donors (Lipinski definition) is 0. The van der Waals surface area contributed by atoms with Crippen molar-refractivity contribution >= 4 is 0 Å². The third kappa shape index (κ3) is 3.39. The monoisotopic (exact) mass is 68.0 g/mol. The van der Waals surface area contributed by atoms with Gasteiger partial charge in [0.1, 0.15) is 11.8 Å². The highest BCUT2D eigenvalue weighted by Gasteiger charge is 1.52. The Morgan fingerprint density at radius 1 is 2.00 bits per heavy atom. The molecule has 5 heavy (non-hydrogen) atoms. The summed E-state index contributed by atoms with van der Waals surface area (Å²) in [6.07, 6.45) is 2.19. The van der Waals surface area contributed by atoms with Crippen LogP contribution in [0, 0.1) is 6.08 Å². The summed E-state index contributed by atoms with van der Waals surface area (Å²) in [5.41, 5.74) is 2.20. The van der Waals surface area contributed by atoms with Crippen LogP contribution in [0.4, 0.5) is 0 Å². The van der Waals surface area contributed by atoms with Gasteiger partial charge in [-0.3, -0.25) is 0 Å². The Hall–Kier alpha value is -0.610. The molecule has 1 nitrogen and oxygen atoms in total. The van der Waals surface area contributed by atoms with Crippen LogP contribution in [0.1, 0.15) is 0 Å². The highest BCUT2D eigenvalue weighted by Crippen LogP contribution is 1.44. The van der Waals surface area contributed by atoms with Crippen molar-refractivity contribution in [3.05, 3.63) is 18.4 Å². The van der Waals surface area contributed by atoms with Crippen LogP contribution in [0.5, 0.6) is 0 Å². The second kappa shape index (κ2) is 3.39. The maximum atomic E-state index is 9.32. The Balaban J connectivity index is 2.93. The minimum atomic E-state index is -0.330. The summed E-state index contributed by atoms with van der Waals surface area (Å²) in [5.74, 6) is 0. The second-order valence-electron chi connectivity index (χ2n) is 0.498. The third-order valence-corrected chi connectivity index (χ3v) is 0.197. The van der Waals surface area contributed by atoms with Gasteiger partial charge in [0.15, 0.2) is 0 Å². The first kappa shape index (κ1) is 4.39. The van der Waals surface area contributed by atoms with Gasteiger partial charge in [-0.15, -0.1) is 0 Å². The summed E-state index contributed by atoms with van der Waals surface area (Å²) in [6, 6.07) is 0. The lowest BCUT2D eigenvalue weighted by Crippen LogP contribution is -1.99. The predicted molar refractivity (Wildman–Crippen MR) is 17.2 cm³/mol. The van der Waals surface area contributed by atoms with Crippen LogP contribution in [-0.4, -0.2) is 6.61 Å². The van der Waals surface area contributed by atoms with Crippen LogP contribution in [0.15, 0.2) is 12.3 Å². The third-order valence-electron chi connectivity index (χ3n) is 0.197. The van der Waals surface area contributed by atoms with E-state index >= 15 is 0 Å². The van der Waals surface area contributed by atoms with Gasteiger partial charge in [-0.25, -0.2) is 0 Å². The van der Waals surface area contributed by atoms with Crippen molar-refractivity contribution < 1.29 is 5.11 Å². The fourth-order valence-corrected chi connectivity index (χ4v) is 0.0510. The molecule has 0 aliphatic rings. The molecule has 0 radical (unpaired) electrons. The van der Waals surface area contributed by atoms with Crippen LogP contribution < -0.4 is 5.11 Å². The Morgan fingerprint density at radius 3 is 2.60 bits per heavy atom. The normalized spacial score (nSPS) is 5.00. The zero-order valence-corrected chi connectivity index (χ0v) is 2.82. The molecular formula is C4H4O. The Bertz CT molecular complexity index is 50.7. The minimum absolute atomic E-state index is 0.330. The summed E-state index contributed by atoms with van der Waals surface area (Å²) >= 11 is 0. The van der Waals surface area contributed by atoms with Gasteiger partial charge in [0.05, 0.1) is 6.58 Å². The van der Waals surface area contributed by atoms with Crippen LogP contribution in [0.25, 0.3) is 0 Å². The van der Waals surface area contributed by atoms with Crippen LogP contribution in [0.3, 0.4) is 0 Å². The molecule has 0 saturated carbocycles. The highest BCUT2D eigenvalue weighted by atomic mass is 16.2. The first-order chi connectivity index (χ1) is 2.41. The Kier molecular flexibility index (Phi) is 2.98. The van der Waals surface area contributed by atoms with Crippen molar-refractivity contribution in [3.8, 4) is 0 Å². The van der Waals surface area contributed by atoms with Crippen LogP contribution >= 0.6 is 0 Å². The largest absolute Gasteiger partial charge is 0.828 e. The molecule has 0 amide bonds. The zero-order valence-electron chi connectivity index (χ0n) is 2.82. The Morgan fingerprint density at radius 2 is 2.60 bits per heavy atom. The van der Waals surface area contributed by atoms with Gasteiger partial charge >= 0.3 is 0 Å². The van der Waals surface area contributed by atoms with E-state index in [2.05, 4.69) is 18.4 Å². The average molecular weight is 68.1 g/mol. The smallest absolute Gasteiger partial charge is 0.134 e. The molecule has 1 heteroatoms. The quantitative estimate of drug-likeness (QED) is 0.300. The van der Waals surface area contributed by atoms with E-state index in [1.54, 1.807) is 0 Å². The van der Waals surface area contributed by atoms with E-state index in [1.165, 1.54) is 0 Å². The van der Waals surface area contributed by atoms with Crippen molar-refractivity contribution in [2.75, 3.05) is 6.61 Å². The summed E-state index contributed by atoms with van der Waals surface area (Å²) in [7, 11) is 0. The molecule has 0 rings (SSSR count). The molecule has 0 atom stereocenters. The van der Waals surface area contributed by atoms with Crippen molar-refractivity contribution in [2.24, 2.45) is 0 Å². The van der Waals surface area contributed by atoms with Gasteiger partial charge in [-0.05, 0) is 0 Å². The molecule has 0 aliphatic heterocycles. The summed E-state index contributed by atoms with van der Waals surface area (Å²) < 4.78 is 0. The molecule has 0 fully saturated rings. The van der Waals surface area contributed by atoms with Gasteiger partial charge in [0.25, 0.3) is 0 Å². The molecule has 0 aromatic heterocycles. The van der Waals surface area contributed by atoms with Gasteiger partial charge in [-0.2, -0.15) is 0 Å². The molecule has 0 saturated heterocycles. The van der Waals surface area contributed by atoms with Gasteiger partial charge in [0.2, 0.25) is 0 Å². The van der Waals surface area contributed by atoms with Crippen molar-refractivity contribution in [1.29, 1.82) is 0 Å². The van der Waals surface area contributed by atoms with Gasteiger partial charge in [-0.1, -0.05) is 0 Å². The zero-order chi connectivity index (χ0) is 4.12. The topological polar surface area (TPSA) is 23.1 Å². The molecule has 0 aromatic carbocycles. The Labute approximate surface area is 31.2 Å². The van der Waals surface area contributed by atoms with Crippen molar-refractivity contribution in [1.82, 2.24) is 0 Å². The van der Waals surface area contributed by atoms with E-state index in [9.17, 15) is 5.11 Å². The number of hydrogen-bond acceptors (Lipinski definition) is 1. The predicted octanol–water partition coefficient (Wildman–Crippen LogP) is -0.509. The van der Waals surface area contributed by atoms with E-state index in [1.807, 2.05) is 0 Å². The lowest BCUT2D eigenvalue weighted by atomic mass is 10.7. The van der Waals surface area contributed by atoms with E-state index in [4.69, 9.17) is 0 Å². The van der Waals surface area contributed by atoms with E-state index in [-0.39, 0.29) is 6.61 Å². The molecule has 0 bridgehead atoms. The summed E-state index contributed by atoms with van der Waals surface area (Å²) in [6.45, 7) is 2.78. The molecule has 0 aliphatic carbocycles. The molecule has 26 valence electrons.